The summed E-state index contributed by atoms with van der Waals surface area (Å²) in [5.74, 6) is 0.0306. The first-order valence-electron chi connectivity index (χ1n) is 5.39. The Balaban J connectivity index is 2.45. The second-order valence-corrected chi connectivity index (χ2v) is 4.58. The van der Waals surface area contributed by atoms with Gasteiger partial charge >= 0.3 is 0 Å². The molecule has 0 aliphatic carbocycles. The van der Waals surface area contributed by atoms with Crippen LogP contribution in [0.2, 0.25) is 0 Å². The van der Waals surface area contributed by atoms with E-state index in [1.165, 1.54) is 0 Å². The largest absolute Gasteiger partial charge is 0.341 e. The zero-order valence-electron chi connectivity index (χ0n) is 9.56. The predicted octanol–water partition coefficient (Wildman–Crippen LogP) is 2.70. The molecule has 0 saturated carbocycles. The van der Waals surface area contributed by atoms with Crippen LogP contribution in [-0.2, 0) is 0 Å². The van der Waals surface area contributed by atoms with Crippen molar-refractivity contribution in [1.29, 1.82) is 0 Å². The second kappa shape index (κ2) is 5.27. The molecule has 1 heterocycles. The number of alkyl halides is 1. The normalized spacial score (nSPS) is 10.5. The highest BCUT2D eigenvalue weighted by atomic mass is 79.9. The topological polar surface area (TPSA) is 33.2 Å². The molecule has 17 heavy (non-hydrogen) atoms. The third-order valence-electron chi connectivity index (χ3n) is 2.65. The van der Waals surface area contributed by atoms with Crippen LogP contribution in [0.25, 0.3) is 10.9 Å². The van der Waals surface area contributed by atoms with Crippen LogP contribution < -0.4 is 0 Å². The van der Waals surface area contributed by atoms with Crippen LogP contribution in [0, 0.1) is 0 Å². The van der Waals surface area contributed by atoms with Gasteiger partial charge in [0, 0.05) is 30.5 Å². The summed E-state index contributed by atoms with van der Waals surface area (Å²) in [6.45, 7) is 0.690. The highest BCUT2D eigenvalue weighted by Gasteiger charge is 2.13. The van der Waals surface area contributed by atoms with Crippen molar-refractivity contribution < 1.29 is 4.79 Å². The molecule has 1 amide bonds. The second-order valence-electron chi connectivity index (χ2n) is 3.79. The van der Waals surface area contributed by atoms with Crippen molar-refractivity contribution in [3.8, 4) is 0 Å². The molecule has 0 aliphatic heterocycles. The molecule has 2 aromatic rings. The minimum Gasteiger partial charge on any atom is -0.341 e. The number of para-hydroxylation sites is 1. The van der Waals surface area contributed by atoms with Gasteiger partial charge in [-0.15, -0.1) is 0 Å². The van der Waals surface area contributed by atoms with E-state index in [1.807, 2.05) is 24.3 Å². The van der Waals surface area contributed by atoms with Crippen LogP contribution in [-0.4, -0.2) is 34.7 Å². The van der Waals surface area contributed by atoms with E-state index in [1.54, 1.807) is 24.2 Å². The van der Waals surface area contributed by atoms with Gasteiger partial charge < -0.3 is 4.90 Å². The van der Waals surface area contributed by atoms with Crippen LogP contribution in [0.5, 0.6) is 0 Å². The molecule has 0 unspecified atom stereocenters. The Bertz CT molecular complexity index is 536. The summed E-state index contributed by atoms with van der Waals surface area (Å²) in [6.07, 6.45) is 1.68. The number of carbonyl (C=O) groups excluding carboxylic acids is 1. The number of rotatable bonds is 3. The van der Waals surface area contributed by atoms with Crippen LogP contribution in [0.1, 0.15) is 10.4 Å². The maximum absolute atomic E-state index is 12.2. The number of carbonyl (C=O) groups is 1. The fourth-order valence-electron chi connectivity index (χ4n) is 1.72. The minimum absolute atomic E-state index is 0.0306. The first kappa shape index (κ1) is 12.0. The molecule has 0 aliphatic rings. The molecule has 0 atom stereocenters. The lowest BCUT2D eigenvalue weighted by Crippen LogP contribution is -2.28. The van der Waals surface area contributed by atoms with Crippen molar-refractivity contribution >= 4 is 32.7 Å². The number of halogens is 1. The first-order valence-corrected chi connectivity index (χ1v) is 6.51. The number of aromatic nitrogens is 1. The number of hydrogen-bond donors (Lipinski definition) is 0. The van der Waals surface area contributed by atoms with Gasteiger partial charge in [-0.1, -0.05) is 34.1 Å². The van der Waals surface area contributed by atoms with Crippen molar-refractivity contribution in [1.82, 2.24) is 9.88 Å². The lowest BCUT2D eigenvalue weighted by molar-refractivity contribution is 0.0806. The standard InChI is InChI=1S/C13H13BrN2O/c1-16(9-7-14)13(17)11-6-8-15-12-5-3-2-4-10(11)12/h2-6,8H,7,9H2,1H3. The number of benzene rings is 1. The summed E-state index contributed by atoms with van der Waals surface area (Å²) in [5.41, 5.74) is 1.56. The van der Waals surface area contributed by atoms with E-state index in [4.69, 9.17) is 0 Å². The van der Waals surface area contributed by atoms with Crippen molar-refractivity contribution in [2.24, 2.45) is 0 Å². The molecule has 0 fully saturated rings. The summed E-state index contributed by atoms with van der Waals surface area (Å²) in [7, 11) is 1.80. The lowest BCUT2D eigenvalue weighted by Gasteiger charge is -2.16. The van der Waals surface area contributed by atoms with Gasteiger partial charge in [0.15, 0.2) is 0 Å². The number of fused-ring (bicyclic) bond motifs is 1. The van der Waals surface area contributed by atoms with Gasteiger partial charge in [0.2, 0.25) is 0 Å². The van der Waals surface area contributed by atoms with Crippen LogP contribution >= 0.6 is 15.9 Å². The zero-order valence-corrected chi connectivity index (χ0v) is 11.1. The fourth-order valence-corrected chi connectivity index (χ4v) is 2.25. The molecule has 4 heteroatoms. The van der Waals surface area contributed by atoms with E-state index in [0.717, 1.165) is 16.2 Å². The minimum atomic E-state index is 0.0306. The molecular formula is C13H13BrN2O. The van der Waals surface area contributed by atoms with E-state index < -0.39 is 0 Å². The van der Waals surface area contributed by atoms with E-state index in [2.05, 4.69) is 20.9 Å². The Hall–Kier alpha value is -1.42. The number of nitrogens with zero attached hydrogens (tertiary/aromatic N) is 2. The van der Waals surface area contributed by atoms with Crippen LogP contribution in [0.4, 0.5) is 0 Å². The third-order valence-corrected chi connectivity index (χ3v) is 3.00. The van der Waals surface area contributed by atoms with Gasteiger partial charge in [0.05, 0.1) is 11.1 Å². The Kier molecular flexibility index (Phi) is 3.74. The van der Waals surface area contributed by atoms with E-state index in [0.29, 0.717) is 12.1 Å². The molecule has 1 aromatic carbocycles. The summed E-state index contributed by atoms with van der Waals surface area (Å²) < 4.78 is 0. The number of amides is 1. The highest BCUT2D eigenvalue weighted by molar-refractivity contribution is 9.09. The summed E-state index contributed by atoms with van der Waals surface area (Å²) in [4.78, 5) is 18.2. The average Bonchev–Trinajstić information content (AvgIpc) is 2.37. The molecular weight excluding hydrogens is 280 g/mol. The summed E-state index contributed by atoms with van der Waals surface area (Å²) in [5, 5.41) is 1.68. The maximum atomic E-state index is 12.2. The summed E-state index contributed by atoms with van der Waals surface area (Å²) in [6, 6.07) is 9.46. The van der Waals surface area contributed by atoms with Gasteiger partial charge in [0.25, 0.3) is 5.91 Å². The Labute approximate surface area is 109 Å². The smallest absolute Gasteiger partial charge is 0.254 e. The van der Waals surface area contributed by atoms with Gasteiger partial charge in [-0.25, -0.2) is 0 Å². The monoisotopic (exact) mass is 292 g/mol. The van der Waals surface area contributed by atoms with Crippen molar-refractivity contribution in [2.45, 2.75) is 0 Å². The number of hydrogen-bond acceptors (Lipinski definition) is 2. The maximum Gasteiger partial charge on any atom is 0.254 e. The molecule has 2 rings (SSSR count). The molecule has 1 aromatic heterocycles. The van der Waals surface area contributed by atoms with Crippen molar-refractivity contribution in [3.63, 3.8) is 0 Å². The van der Waals surface area contributed by atoms with E-state index in [-0.39, 0.29) is 5.91 Å². The highest BCUT2D eigenvalue weighted by Crippen LogP contribution is 2.17. The van der Waals surface area contributed by atoms with Crippen LogP contribution in [0.3, 0.4) is 0 Å². The summed E-state index contributed by atoms with van der Waals surface area (Å²) >= 11 is 3.33. The van der Waals surface area contributed by atoms with Gasteiger partial charge in [0.1, 0.15) is 0 Å². The molecule has 0 N–H and O–H groups in total. The molecule has 0 spiro atoms. The SMILES string of the molecule is CN(CCBr)C(=O)c1ccnc2ccccc12. The first-order chi connectivity index (χ1) is 8.24. The predicted molar refractivity (Wildman–Crippen MR) is 72.5 cm³/mol. The van der Waals surface area contributed by atoms with Crippen LogP contribution in [0.15, 0.2) is 36.5 Å². The lowest BCUT2D eigenvalue weighted by atomic mass is 10.1. The third kappa shape index (κ3) is 2.47. The Morgan fingerprint density at radius 2 is 2.12 bits per heavy atom. The molecule has 3 nitrogen and oxygen atoms in total. The molecule has 88 valence electrons. The molecule has 0 saturated heterocycles. The molecule has 0 bridgehead atoms. The quantitative estimate of drug-likeness (QED) is 0.815. The van der Waals surface area contributed by atoms with Gasteiger partial charge in [-0.2, -0.15) is 0 Å². The van der Waals surface area contributed by atoms with Gasteiger partial charge in [-0.05, 0) is 12.1 Å². The molecule has 0 radical (unpaired) electrons. The Morgan fingerprint density at radius 3 is 2.88 bits per heavy atom. The number of pyridine rings is 1. The van der Waals surface area contributed by atoms with Crippen molar-refractivity contribution in [2.75, 3.05) is 18.9 Å². The fraction of sp³-hybridized carbons (Fsp3) is 0.231. The van der Waals surface area contributed by atoms with Crippen molar-refractivity contribution in [3.05, 3.63) is 42.1 Å². The zero-order chi connectivity index (χ0) is 12.3. The van der Waals surface area contributed by atoms with Gasteiger partial charge in [-0.3, -0.25) is 9.78 Å². The average molecular weight is 293 g/mol. The van der Waals surface area contributed by atoms with E-state index in [9.17, 15) is 4.79 Å². The Morgan fingerprint density at radius 1 is 1.35 bits per heavy atom. The van der Waals surface area contributed by atoms with E-state index >= 15 is 0 Å².